The van der Waals surface area contributed by atoms with Crippen molar-refractivity contribution >= 4 is 23.9 Å². The van der Waals surface area contributed by atoms with Crippen molar-refractivity contribution in [1.29, 1.82) is 0 Å². The molecule has 0 bridgehead atoms. The first-order valence-electron chi connectivity index (χ1n) is 11.7. The summed E-state index contributed by atoms with van der Waals surface area (Å²) < 4.78 is 7.47. The summed E-state index contributed by atoms with van der Waals surface area (Å²) in [7, 11) is 0. The Bertz CT molecular complexity index is 1300. The number of ether oxygens (including phenoxy) is 1. The first-order chi connectivity index (χ1) is 17.5. The smallest absolute Gasteiger partial charge is 0.250 e. The number of hydrogen-bond donors (Lipinski definition) is 1. The molecule has 8 nitrogen and oxygen atoms in total. The number of thioether (sulfide) groups is 1. The van der Waals surface area contributed by atoms with Gasteiger partial charge in [0.1, 0.15) is 5.75 Å². The number of pyridine rings is 1. The van der Waals surface area contributed by atoms with Crippen molar-refractivity contribution < 1.29 is 9.53 Å². The minimum absolute atomic E-state index is 0.131. The Balaban J connectivity index is 1.46. The number of carbonyl (C=O) groups is 1. The molecular weight excluding hydrogens is 472 g/mol. The zero-order valence-electron chi connectivity index (χ0n) is 20.5. The van der Waals surface area contributed by atoms with Gasteiger partial charge in [-0.3, -0.25) is 14.3 Å². The highest BCUT2D eigenvalue weighted by Crippen LogP contribution is 2.28. The summed E-state index contributed by atoms with van der Waals surface area (Å²) in [6, 6.07) is 19.5. The summed E-state index contributed by atoms with van der Waals surface area (Å²) >= 11 is 1.28. The number of nitrogens with one attached hydrogen (secondary N) is 1. The van der Waals surface area contributed by atoms with Gasteiger partial charge in [0.15, 0.2) is 11.0 Å². The Morgan fingerprint density at radius 2 is 1.89 bits per heavy atom. The zero-order chi connectivity index (χ0) is 25.3. The highest BCUT2D eigenvalue weighted by molar-refractivity contribution is 7.99. The topological polar surface area (TPSA) is 94.3 Å². The maximum atomic E-state index is 12.5. The van der Waals surface area contributed by atoms with E-state index < -0.39 is 0 Å². The van der Waals surface area contributed by atoms with Crippen LogP contribution in [-0.2, 0) is 4.79 Å². The Kier molecular flexibility index (Phi) is 8.46. The summed E-state index contributed by atoms with van der Waals surface area (Å²) in [5.74, 6) is 1.78. The molecular formula is C27H28N6O2S. The molecule has 0 aliphatic carbocycles. The van der Waals surface area contributed by atoms with Crippen molar-refractivity contribution in [2.45, 2.75) is 31.8 Å². The summed E-state index contributed by atoms with van der Waals surface area (Å²) in [6.45, 7) is 6.84. The third kappa shape index (κ3) is 6.37. The van der Waals surface area contributed by atoms with Crippen LogP contribution in [0.2, 0.25) is 0 Å². The van der Waals surface area contributed by atoms with Gasteiger partial charge in [0.25, 0.3) is 5.91 Å². The van der Waals surface area contributed by atoms with Gasteiger partial charge in [0, 0.05) is 23.6 Å². The maximum Gasteiger partial charge on any atom is 0.250 e. The van der Waals surface area contributed by atoms with Crippen LogP contribution in [0.15, 0.2) is 83.3 Å². The standard InChI is InChI=1S/C27H28N6O2S/c1-4-35-24-13-11-23(12-14-24)33-26(22-6-5-15-28-17-22)31-32-27(33)36-18-25(34)30-29-16-20-7-9-21(10-8-20)19(2)3/h5-17,19H,4,18H2,1-3H3,(H,30,34)/b29-16-. The lowest BCUT2D eigenvalue weighted by atomic mass is 10.0. The molecule has 0 saturated heterocycles. The second-order valence-electron chi connectivity index (χ2n) is 8.21. The van der Waals surface area contributed by atoms with E-state index >= 15 is 0 Å². The molecule has 0 spiro atoms. The quantitative estimate of drug-likeness (QED) is 0.185. The molecule has 0 fully saturated rings. The number of amides is 1. The van der Waals surface area contributed by atoms with Gasteiger partial charge in [-0.2, -0.15) is 5.10 Å². The molecule has 4 aromatic rings. The van der Waals surface area contributed by atoms with Gasteiger partial charge in [-0.1, -0.05) is 49.9 Å². The molecule has 36 heavy (non-hydrogen) atoms. The van der Waals surface area contributed by atoms with Crippen LogP contribution in [0.5, 0.6) is 5.75 Å². The predicted octanol–water partition coefficient (Wildman–Crippen LogP) is 5.09. The summed E-state index contributed by atoms with van der Waals surface area (Å²) in [5, 5.41) is 13.4. The summed E-state index contributed by atoms with van der Waals surface area (Å²) in [4.78, 5) is 16.7. The first-order valence-corrected chi connectivity index (χ1v) is 12.7. The monoisotopic (exact) mass is 500 g/mol. The third-order valence-electron chi connectivity index (χ3n) is 5.30. The lowest BCUT2D eigenvalue weighted by Crippen LogP contribution is -2.20. The molecule has 0 atom stereocenters. The van der Waals surface area contributed by atoms with Gasteiger partial charge in [-0.25, -0.2) is 5.43 Å². The van der Waals surface area contributed by atoms with Crippen molar-refractivity contribution in [3.05, 3.63) is 84.2 Å². The third-order valence-corrected chi connectivity index (χ3v) is 6.23. The minimum atomic E-state index is -0.237. The van der Waals surface area contributed by atoms with Crippen LogP contribution >= 0.6 is 11.8 Å². The maximum absolute atomic E-state index is 12.5. The van der Waals surface area contributed by atoms with Crippen molar-refractivity contribution in [2.24, 2.45) is 5.10 Å². The fraction of sp³-hybridized carbons (Fsp3) is 0.222. The molecule has 2 heterocycles. The molecule has 0 radical (unpaired) electrons. The van der Waals surface area contributed by atoms with Crippen LogP contribution in [0.3, 0.4) is 0 Å². The van der Waals surface area contributed by atoms with Crippen molar-refractivity contribution in [3.63, 3.8) is 0 Å². The van der Waals surface area contributed by atoms with Gasteiger partial charge >= 0.3 is 0 Å². The highest BCUT2D eigenvalue weighted by atomic mass is 32.2. The van der Waals surface area contributed by atoms with Crippen molar-refractivity contribution in [2.75, 3.05) is 12.4 Å². The van der Waals surface area contributed by atoms with E-state index in [0.717, 1.165) is 22.6 Å². The Morgan fingerprint density at radius 1 is 1.11 bits per heavy atom. The van der Waals surface area contributed by atoms with Gasteiger partial charge in [0.05, 0.1) is 18.6 Å². The summed E-state index contributed by atoms with van der Waals surface area (Å²) in [6.07, 6.45) is 5.08. The fourth-order valence-electron chi connectivity index (χ4n) is 3.44. The average Bonchev–Trinajstić information content (AvgIpc) is 3.33. The SMILES string of the molecule is CCOc1ccc(-n2c(SCC(=O)N/N=C\c3ccc(C(C)C)cc3)nnc2-c2cccnc2)cc1. The molecule has 184 valence electrons. The second-order valence-corrected chi connectivity index (χ2v) is 9.16. The molecule has 0 unspecified atom stereocenters. The van der Waals surface area contributed by atoms with Gasteiger partial charge in [0.2, 0.25) is 0 Å². The van der Waals surface area contributed by atoms with E-state index in [9.17, 15) is 4.79 Å². The number of benzene rings is 2. The average molecular weight is 501 g/mol. The number of aromatic nitrogens is 4. The first kappa shape index (κ1) is 25.1. The molecule has 0 aliphatic rings. The Morgan fingerprint density at radius 3 is 2.56 bits per heavy atom. The molecule has 0 saturated carbocycles. The fourth-order valence-corrected chi connectivity index (χ4v) is 4.19. The molecule has 1 amide bonds. The van der Waals surface area contributed by atoms with E-state index in [1.165, 1.54) is 17.3 Å². The van der Waals surface area contributed by atoms with Crippen LogP contribution in [0.1, 0.15) is 37.8 Å². The Hall–Kier alpha value is -3.98. The molecule has 1 N–H and O–H groups in total. The number of carbonyl (C=O) groups excluding carboxylic acids is 1. The van der Waals surface area contributed by atoms with Gasteiger partial charge < -0.3 is 4.74 Å². The normalized spacial score (nSPS) is 11.2. The van der Waals surface area contributed by atoms with Crippen LogP contribution in [0, 0.1) is 0 Å². The molecule has 0 aliphatic heterocycles. The zero-order valence-corrected chi connectivity index (χ0v) is 21.3. The largest absolute Gasteiger partial charge is 0.494 e. The van der Waals surface area contributed by atoms with Crippen LogP contribution in [-0.4, -0.2) is 44.2 Å². The van der Waals surface area contributed by atoms with Crippen LogP contribution in [0.25, 0.3) is 17.1 Å². The Labute approximate surface area is 214 Å². The van der Waals surface area contributed by atoms with E-state index in [4.69, 9.17) is 4.74 Å². The van der Waals surface area contributed by atoms with E-state index in [1.807, 2.05) is 60.0 Å². The highest BCUT2D eigenvalue weighted by Gasteiger charge is 2.17. The number of nitrogens with zero attached hydrogens (tertiary/aromatic N) is 5. The van der Waals surface area contributed by atoms with E-state index in [-0.39, 0.29) is 11.7 Å². The van der Waals surface area contributed by atoms with Crippen molar-refractivity contribution in [3.8, 4) is 22.8 Å². The van der Waals surface area contributed by atoms with E-state index in [1.54, 1.807) is 18.6 Å². The second kappa shape index (κ2) is 12.1. The predicted molar refractivity (Wildman–Crippen MR) is 143 cm³/mol. The lowest BCUT2D eigenvalue weighted by Gasteiger charge is -2.11. The number of hydrazone groups is 1. The number of hydrogen-bond acceptors (Lipinski definition) is 7. The summed E-state index contributed by atoms with van der Waals surface area (Å²) in [5.41, 5.74) is 6.44. The molecule has 2 aromatic heterocycles. The van der Waals surface area contributed by atoms with E-state index in [2.05, 4.69) is 51.7 Å². The van der Waals surface area contributed by atoms with Gasteiger partial charge in [-0.15, -0.1) is 10.2 Å². The van der Waals surface area contributed by atoms with E-state index in [0.29, 0.717) is 23.5 Å². The number of rotatable bonds is 10. The van der Waals surface area contributed by atoms with Crippen LogP contribution in [0.4, 0.5) is 0 Å². The van der Waals surface area contributed by atoms with Crippen LogP contribution < -0.4 is 10.2 Å². The minimum Gasteiger partial charge on any atom is -0.494 e. The molecule has 2 aromatic carbocycles. The van der Waals surface area contributed by atoms with Gasteiger partial charge in [-0.05, 0) is 60.4 Å². The lowest BCUT2D eigenvalue weighted by molar-refractivity contribution is -0.118. The molecule has 4 rings (SSSR count). The van der Waals surface area contributed by atoms with Crippen molar-refractivity contribution in [1.82, 2.24) is 25.2 Å². The molecule has 9 heteroatoms.